The second-order valence-corrected chi connectivity index (χ2v) is 10.3. The number of likely N-dealkylation sites (tertiary alicyclic amines) is 1. The summed E-state index contributed by atoms with van der Waals surface area (Å²) in [5, 5.41) is 7.05. The van der Waals surface area contributed by atoms with E-state index in [1.54, 1.807) is 25.7 Å². The van der Waals surface area contributed by atoms with Gasteiger partial charge in [0.2, 0.25) is 0 Å². The fraction of sp³-hybridized carbons (Fsp3) is 0.625. The zero-order valence-electron chi connectivity index (χ0n) is 20.8. The van der Waals surface area contributed by atoms with E-state index in [2.05, 4.69) is 10.5 Å². The van der Waals surface area contributed by atoms with Crippen molar-refractivity contribution < 1.29 is 33.4 Å². The van der Waals surface area contributed by atoms with Gasteiger partial charge in [-0.3, -0.25) is 0 Å². The summed E-state index contributed by atoms with van der Waals surface area (Å²) in [4.78, 5) is 31.9. The monoisotopic (exact) mass is 477 g/mol. The SMILES string of the molecule is CC(C)(C)OC(=O)NCC1CN(C(=O)OC(C)(C)C)C/C1=N\OCc1ccc2c(c1)OCCO2. The van der Waals surface area contributed by atoms with Crippen LogP contribution in [-0.4, -0.2) is 66.8 Å². The Morgan fingerprint density at radius 1 is 1.06 bits per heavy atom. The van der Waals surface area contributed by atoms with Crippen LogP contribution in [0.1, 0.15) is 47.1 Å². The molecule has 2 aliphatic rings. The van der Waals surface area contributed by atoms with Gasteiger partial charge in [0.25, 0.3) is 0 Å². The van der Waals surface area contributed by atoms with Crippen LogP contribution < -0.4 is 14.8 Å². The van der Waals surface area contributed by atoms with Crippen LogP contribution >= 0.6 is 0 Å². The third-order valence-corrected chi connectivity index (χ3v) is 4.83. The topological polar surface area (TPSA) is 108 Å². The van der Waals surface area contributed by atoms with Gasteiger partial charge in [-0.05, 0) is 59.2 Å². The Morgan fingerprint density at radius 2 is 1.74 bits per heavy atom. The van der Waals surface area contributed by atoms with Crippen LogP contribution in [0.5, 0.6) is 11.5 Å². The summed E-state index contributed by atoms with van der Waals surface area (Å²) in [5.74, 6) is 1.15. The number of rotatable bonds is 5. The molecule has 2 aliphatic heterocycles. The third kappa shape index (κ3) is 7.71. The van der Waals surface area contributed by atoms with Crippen molar-refractivity contribution in [1.29, 1.82) is 0 Å². The molecule has 10 nitrogen and oxygen atoms in total. The van der Waals surface area contributed by atoms with Crippen LogP contribution in [0.4, 0.5) is 9.59 Å². The summed E-state index contributed by atoms with van der Waals surface area (Å²) in [6.07, 6.45) is -0.966. The normalized spacial score (nSPS) is 19.1. The van der Waals surface area contributed by atoms with E-state index < -0.39 is 23.4 Å². The molecule has 10 heteroatoms. The number of hydrogen-bond acceptors (Lipinski definition) is 8. The van der Waals surface area contributed by atoms with Crippen molar-refractivity contribution in [3.05, 3.63) is 23.8 Å². The molecule has 0 radical (unpaired) electrons. The van der Waals surface area contributed by atoms with E-state index in [0.717, 1.165) is 5.56 Å². The standard InChI is InChI=1S/C24H35N3O7/c1-23(2,3)33-21(28)25-12-17-13-27(22(29)34-24(4,5)6)14-18(17)26-32-15-16-7-8-19-20(11-16)31-10-9-30-19/h7-8,11,17H,9-10,12-15H2,1-6H3,(H,25,28)/b26-18+. The van der Waals surface area contributed by atoms with Crippen LogP contribution in [-0.2, 0) is 20.9 Å². The predicted octanol–water partition coefficient (Wildman–Crippen LogP) is 3.72. The summed E-state index contributed by atoms with van der Waals surface area (Å²) in [6.45, 7) is 12.9. The zero-order valence-corrected chi connectivity index (χ0v) is 20.8. The smallest absolute Gasteiger partial charge is 0.410 e. The highest BCUT2D eigenvalue weighted by atomic mass is 16.6. The van der Waals surface area contributed by atoms with E-state index in [1.807, 2.05) is 39.0 Å². The molecule has 0 aromatic heterocycles. The lowest BCUT2D eigenvalue weighted by Crippen LogP contribution is -2.38. The minimum atomic E-state index is -0.615. The largest absolute Gasteiger partial charge is 0.486 e. The molecule has 1 atom stereocenters. The molecule has 3 rings (SSSR count). The first-order valence-electron chi connectivity index (χ1n) is 11.4. The minimum absolute atomic E-state index is 0.221. The van der Waals surface area contributed by atoms with Gasteiger partial charge < -0.3 is 34.0 Å². The number of oxime groups is 1. The van der Waals surface area contributed by atoms with Gasteiger partial charge in [0.15, 0.2) is 11.5 Å². The number of carbonyl (C=O) groups excluding carboxylic acids is 2. The van der Waals surface area contributed by atoms with Crippen LogP contribution in [0.3, 0.4) is 0 Å². The number of ether oxygens (including phenoxy) is 4. The maximum absolute atomic E-state index is 12.6. The predicted molar refractivity (Wildman–Crippen MR) is 125 cm³/mol. The Morgan fingerprint density at radius 3 is 2.41 bits per heavy atom. The Bertz CT molecular complexity index is 918. The van der Waals surface area contributed by atoms with E-state index in [-0.39, 0.29) is 25.6 Å². The maximum Gasteiger partial charge on any atom is 0.410 e. The van der Waals surface area contributed by atoms with Crippen LogP contribution in [0.25, 0.3) is 0 Å². The van der Waals surface area contributed by atoms with Gasteiger partial charge in [-0.2, -0.15) is 0 Å². The highest BCUT2D eigenvalue weighted by molar-refractivity contribution is 5.94. The molecule has 2 heterocycles. The molecule has 0 saturated carbocycles. The number of nitrogens with one attached hydrogen (secondary N) is 1. The Kier molecular flexibility index (Phi) is 7.78. The van der Waals surface area contributed by atoms with Crippen molar-refractivity contribution in [3.63, 3.8) is 0 Å². The molecule has 0 spiro atoms. The maximum atomic E-state index is 12.6. The molecule has 1 saturated heterocycles. The molecule has 1 fully saturated rings. The van der Waals surface area contributed by atoms with Gasteiger partial charge >= 0.3 is 12.2 Å². The Hall–Kier alpha value is -3.17. The summed E-state index contributed by atoms with van der Waals surface area (Å²) >= 11 is 0. The van der Waals surface area contributed by atoms with Gasteiger partial charge in [0.05, 0.1) is 12.3 Å². The molecule has 1 aromatic rings. The fourth-order valence-electron chi connectivity index (χ4n) is 3.40. The molecule has 34 heavy (non-hydrogen) atoms. The first-order chi connectivity index (χ1) is 15.9. The number of benzene rings is 1. The third-order valence-electron chi connectivity index (χ3n) is 4.83. The molecule has 2 amide bonds. The van der Waals surface area contributed by atoms with Gasteiger partial charge in [-0.1, -0.05) is 11.2 Å². The van der Waals surface area contributed by atoms with Gasteiger partial charge in [0.1, 0.15) is 31.0 Å². The number of hydrogen-bond donors (Lipinski definition) is 1. The zero-order chi connectivity index (χ0) is 24.9. The molecule has 1 aromatic carbocycles. The van der Waals surface area contributed by atoms with E-state index in [9.17, 15) is 9.59 Å². The van der Waals surface area contributed by atoms with Gasteiger partial charge in [-0.15, -0.1) is 0 Å². The summed E-state index contributed by atoms with van der Waals surface area (Å²) in [7, 11) is 0. The van der Waals surface area contributed by atoms with Crippen molar-refractivity contribution in [2.45, 2.75) is 59.4 Å². The van der Waals surface area contributed by atoms with E-state index in [4.69, 9.17) is 23.8 Å². The first kappa shape index (κ1) is 25.5. The second kappa shape index (κ2) is 10.4. The average molecular weight is 478 g/mol. The molecule has 188 valence electrons. The summed E-state index contributed by atoms with van der Waals surface area (Å²) < 4.78 is 21.9. The highest BCUT2D eigenvalue weighted by Gasteiger charge is 2.35. The minimum Gasteiger partial charge on any atom is -0.486 e. The number of alkyl carbamates (subject to hydrolysis) is 1. The quantitative estimate of drug-likeness (QED) is 0.644. The molecular weight excluding hydrogens is 442 g/mol. The van der Waals surface area contributed by atoms with E-state index in [1.165, 1.54) is 0 Å². The van der Waals surface area contributed by atoms with Crippen LogP contribution in [0.15, 0.2) is 23.4 Å². The summed E-state index contributed by atoms with van der Waals surface area (Å²) in [6, 6.07) is 5.59. The van der Waals surface area contributed by atoms with Crippen molar-refractivity contribution in [2.24, 2.45) is 11.1 Å². The molecule has 0 aliphatic carbocycles. The van der Waals surface area contributed by atoms with Gasteiger partial charge in [-0.25, -0.2) is 9.59 Å². The molecular formula is C24H35N3O7. The lowest BCUT2D eigenvalue weighted by Gasteiger charge is -2.24. The van der Waals surface area contributed by atoms with Crippen molar-refractivity contribution in [1.82, 2.24) is 10.2 Å². The van der Waals surface area contributed by atoms with Crippen LogP contribution in [0.2, 0.25) is 0 Å². The Labute approximate surface area is 200 Å². The number of nitrogens with zero attached hydrogens (tertiary/aromatic N) is 2. The van der Waals surface area contributed by atoms with Crippen molar-refractivity contribution in [3.8, 4) is 11.5 Å². The van der Waals surface area contributed by atoms with E-state index >= 15 is 0 Å². The Balaban J connectivity index is 1.64. The number of fused-ring (bicyclic) bond motifs is 1. The molecule has 0 bridgehead atoms. The van der Waals surface area contributed by atoms with E-state index in [0.29, 0.717) is 37.0 Å². The first-order valence-corrected chi connectivity index (χ1v) is 11.4. The second-order valence-electron chi connectivity index (χ2n) is 10.3. The molecule has 1 unspecified atom stereocenters. The summed E-state index contributed by atoms with van der Waals surface area (Å²) in [5.41, 5.74) is 0.292. The molecule has 1 N–H and O–H groups in total. The van der Waals surface area contributed by atoms with Crippen molar-refractivity contribution >= 4 is 17.9 Å². The van der Waals surface area contributed by atoms with Gasteiger partial charge in [0, 0.05) is 19.0 Å². The lowest BCUT2D eigenvalue weighted by molar-refractivity contribution is 0.0292. The highest BCUT2D eigenvalue weighted by Crippen LogP contribution is 2.31. The lowest BCUT2D eigenvalue weighted by atomic mass is 10.1. The number of amides is 2. The number of carbonyl (C=O) groups is 2. The average Bonchev–Trinajstić information content (AvgIpc) is 3.13. The van der Waals surface area contributed by atoms with Crippen LogP contribution in [0, 0.1) is 5.92 Å². The fourth-order valence-corrected chi connectivity index (χ4v) is 3.40. The van der Waals surface area contributed by atoms with Crippen molar-refractivity contribution in [2.75, 3.05) is 32.8 Å².